The van der Waals surface area contributed by atoms with E-state index in [4.69, 9.17) is 9.84 Å². The van der Waals surface area contributed by atoms with E-state index in [2.05, 4.69) is 4.98 Å². The Morgan fingerprint density at radius 2 is 1.69 bits per heavy atom. The van der Waals surface area contributed by atoms with Gasteiger partial charge in [-0.3, -0.25) is 0 Å². The molecule has 11 heteroatoms. The molecule has 7 nitrogen and oxygen atoms in total. The number of nitrogens with zero attached hydrogens (tertiary/aromatic N) is 2. The molecule has 0 saturated heterocycles. The van der Waals surface area contributed by atoms with E-state index in [9.17, 15) is 26.7 Å². The van der Waals surface area contributed by atoms with E-state index in [-0.39, 0.29) is 24.6 Å². The number of hydrogen-bond acceptors (Lipinski definition) is 6. The molecule has 0 fully saturated rings. The normalized spacial score (nSPS) is 13.1. The fourth-order valence-corrected chi connectivity index (χ4v) is 4.98. The van der Waals surface area contributed by atoms with Crippen molar-refractivity contribution in [1.29, 1.82) is 0 Å². The molecular weight excluding hydrogens is 485 g/mol. The predicted molar refractivity (Wildman–Crippen MR) is 123 cm³/mol. The van der Waals surface area contributed by atoms with Crippen molar-refractivity contribution < 1.29 is 36.5 Å². The van der Waals surface area contributed by atoms with Crippen LogP contribution < -0.4 is 4.74 Å². The number of hydrogen-bond donors (Lipinski definition) is 2. The van der Waals surface area contributed by atoms with Gasteiger partial charge in [0.15, 0.2) is 0 Å². The van der Waals surface area contributed by atoms with Crippen molar-refractivity contribution in [3.8, 4) is 22.8 Å². The largest absolute Gasteiger partial charge is 0.456 e. The molecule has 3 aromatic rings. The first-order valence-electron chi connectivity index (χ1n) is 10.8. The number of alkyl halides is 3. The van der Waals surface area contributed by atoms with Crippen molar-refractivity contribution >= 4 is 10.0 Å². The maximum atomic E-state index is 13.3. The summed E-state index contributed by atoms with van der Waals surface area (Å²) in [7, 11) is -4.25. The van der Waals surface area contributed by atoms with E-state index in [1.807, 2.05) is 0 Å². The first-order chi connectivity index (χ1) is 16.5. The predicted octanol–water partition coefficient (Wildman–Crippen LogP) is 4.62. The Hall–Kier alpha value is -2.99. The van der Waals surface area contributed by atoms with Crippen molar-refractivity contribution in [2.45, 2.75) is 31.0 Å². The number of sulfonamides is 1. The van der Waals surface area contributed by atoms with Crippen LogP contribution in [0.25, 0.3) is 11.3 Å². The van der Waals surface area contributed by atoms with Crippen molar-refractivity contribution in [2.75, 3.05) is 19.7 Å². The summed E-state index contributed by atoms with van der Waals surface area (Å²) in [5, 5.41) is 18.9. The quantitative estimate of drug-likeness (QED) is 0.436. The molecule has 0 bridgehead atoms. The Morgan fingerprint density at radius 3 is 2.26 bits per heavy atom. The van der Waals surface area contributed by atoms with Gasteiger partial charge in [0.05, 0.1) is 23.6 Å². The van der Waals surface area contributed by atoms with Crippen LogP contribution in [0.3, 0.4) is 0 Å². The van der Waals surface area contributed by atoms with Crippen LogP contribution in [0.1, 0.15) is 31.2 Å². The second kappa shape index (κ2) is 10.7. The first-order valence-corrected chi connectivity index (χ1v) is 12.2. The molecule has 1 unspecified atom stereocenters. The molecule has 1 atom stereocenters. The van der Waals surface area contributed by atoms with Crippen molar-refractivity contribution in [3.63, 3.8) is 0 Å². The van der Waals surface area contributed by atoms with Crippen molar-refractivity contribution in [3.05, 3.63) is 71.9 Å². The summed E-state index contributed by atoms with van der Waals surface area (Å²) in [5.74, 6) is -0.0279. The highest BCUT2D eigenvalue weighted by Gasteiger charge is 2.34. The molecule has 2 N–H and O–H groups in total. The lowest BCUT2D eigenvalue weighted by Crippen LogP contribution is -2.31. The first kappa shape index (κ1) is 26.6. The van der Waals surface area contributed by atoms with Crippen LogP contribution in [0, 0.1) is 0 Å². The Morgan fingerprint density at radius 1 is 1.03 bits per heavy atom. The number of ether oxygens (including phenoxy) is 1. The Labute approximate surface area is 201 Å². The Kier molecular flexibility index (Phi) is 8.16. The second-order valence-corrected chi connectivity index (χ2v) is 9.43. The molecule has 1 aromatic heterocycles. The second-order valence-electron chi connectivity index (χ2n) is 7.52. The Bertz CT molecular complexity index is 1260. The van der Waals surface area contributed by atoms with E-state index < -0.39 is 39.4 Å². The third-order valence-electron chi connectivity index (χ3n) is 5.26. The molecule has 0 aliphatic rings. The van der Waals surface area contributed by atoms with Gasteiger partial charge in [-0.2, -0.15) is 17.5 Å². The van der Waals surface area contributed by atoms with Gasteiger partial charge in [0.25, 0.3) is 0 Å². The number of aliphatic hydroxyl groups is 2. The standard InChI is InChI=1S/C24H25F3N2O5S/c1-3-29(4-2)35(32,33)23-14-17(24(25,26)27)10-13-22(23)34-18-11-8-16(9-12-18)19-6-5-7-20(28-19)21(31)15-30/h5-14,21,30-31H,3-4,15H2,1-2H3. The molecule has 1 heterocycles. The van der Waals surface area contributed by atoms with Crippen molar-refractivity contribution in [2.24, 2.45) is 0 Å². The summed E-state index contributed by atoms with van der Waals surface area (Å²) in [6, 6.07) is 13.6. The van der Waals surface area contributed by atoms with Crippen LogP contribution in [0.4, 0.5) is 13.2 Å². The van der Waals surface area contributed by atoms with Gasteiger partial charge in [-0.25, -0.2) is 13.4 Å². The van der Waals surface area contributed by atoms with Gasteiger partial charge in [0.1, 0.15) is 22.5 Å². The summed E-state index contributed by atoms with van der Waals surface area (Å²) in [6.45, 7) is 2.88. The molecule has 0 aliphatic carbocycles. The van der Waals surface area contributed by atoms with Gasteiger partial charge in [0, 0.05) is 18.7 Å². The van der Waals surface area contributed by atoms with Crippen LogP contribution in [-0.4, -0.2) is 47.6 Å². The van der Waals surface area contributed by atoms with Gasteiger partial charge < -0.3 is 14.9 Å². The number of halogens is 3. The van der Waals surface area contributed by atoms with E-state index in [1.54, 1.807) is 44.2 Å². The van der Waals surface area contributed by atoms with E-state index in [0.717, 1.165) is 16.4 Å². The third-order valence-corrected chi connectivity index (χ3v) is 7.33. The molecule has 0 radical (unpaired) electrons. The molecule has 0 spiro atoms. The monoisotopic (exact) mass is 510 g/mol. The lowest BCUT2D eigenvalue weighted by molar-refractivity contribution is -0.137. The number of rotatable bonds is 9. The summed E-state index contributed by atoms with van der Waals surface area (Å²) in [6.07, 6.45) is -5.85. The number of benzene rings is 2. The molecule has 35 heavy (non-hydrogen) atoms. The zero-order valence-corrected chi connectivity index (χ0v) is 19.8. The fourth-order valence-electron chi connectivity index (χ4n) is 3.38. The average Bonchev–Trinajstić information content (AvgIpc) is 2.84. The van der Waals surface area contributed by atoms with Gasteiger partial charge in [-0.1, -0.05) is 19.9 Å². The maximum Gasteiger partial charge on any atom is 0.416 e. The lowest BCUT2D eigenvalue weighted by atomic mass is 10.1. The zero-order valence-electron chi connectivity index (χ0n) is 19.0. The highest BCUT2D eigenvalue weighted by Crippen LogP contribution is 2.37. The summed E-state index contributed by atoms with van der Waals surface area (Å²) < 4.78 is 72.8. The maximum absolute atomic E-state index is 13.3. The van der Waals surface area contributed by atoms with E-state index in [0.29, 0.717) is 23.0 Å². The highest BCUT2D eigenvalue weighted by molar-refractivity contribution is 7.89. The van der Waals surface area contributed by atoms with Crippen LogP contribution >= 0.6 is 0 Å². The minimum atomic E-state index is -4.72. The topological polar surface area (TPSA) is 100.0 Å². The SMILES string of the molecule is CCN(CC)S(=O)(=O)c1cc(C(F)(F)F)ccc1Oc1ccc(-c2cccc(C(O)CO)n2)cc1. The minimum Gasteiger partial charge on any atom is -0.456 e. The highest BCUT2D eigenvalue weighted by atomic mass is 32.2. The molecule has 3 rings (SSSR count). The van der Waals surface area contributed by atoms with Gasteiger partial charge in [0.2, 0.25) is 10.0 Å². The fraction of sp³-hybridized carbons (Fsp3) is 0.292. The summed E-state index contributed by atoms with van der Waals surface area (Å²) >= 11 is 0. The van der Waals surface area contributed by atoms with Crippen LogP contribution in [0.5, 0.6) is 11.5 Å². The third kappa shape index (κ3) is 5.99. The van der Waals surface area contributed by atoms with Crippen LogP contribution in [-0.2, 0) is 16.2 Å². The molecule has 0 aliphatic heterocycles. The number of aromatic nitrogens is 1. The lowest BCUT2D eigenvalue weighted by Gasteiger charge is -2.21. The van der Waals surface area contributed by atoms with Gasteiger partial charge in [-0.15, -0.1) is 0 Å². The average molecular weight is 511 g/mol. The Balaban J connectivity index is 1.97. The molecule has 0 amide bonds. The van der Waals surface area contributed by atoms with E-state index >= 15 is 0 Å². The summed E-state index contributed by atoms with van der Waals surface area (Å²) in [4.78, 5) is 3.73. The molecule has 188 valence electrons. The van der Waals surface area contributed by atoms with Crippen molar-refractivity contribution in [1.82, 2.24) is 9.29 Å². The number of aliphatic hydroxyl groups excluding tert-OH is 2. The zero-order chi connectivity index (χ0) is 25.8. The molecule has 2 aromatic carbocycles. The van der Waals surface area contributed by atoms with E-state index in [1.165, 1.54) is 12.1 Å². The molecule has 0 saturated carbocycles. The van der Waals surface area contributed by atoms with Gasteiger partial charge >= 0.3 is 6.18 Å². The molecular formula is C24H25F3N2O5S. The summed E-state index contributed by atoms with van der Waals surface area (Å²) in [5.41, 5.74) is 0.358. The van der Waals surface area contributed by atoms with Crippen LogP contribution in [0.2, 0.25) is 0 Å². The smallest absolute Gasteiger partial charge is 0.416 e. The number of pyridine rings is 1. The van der Waals surface area contributed by atoms with Crippen LogP contribution in [0.15, 0.2) is 65.6 Å². The minimum absolute atomic E-state index is 0.0836. The van der Waals surface area contributed by atoms with Gasteiger partial charge in [-0.05, 0) is 54.6 Å².